The second-order valence-electron chi connectivity index (χ2n) is 5.64. The van der Waals surface area contributed by atoms with Crippen LogP contribution in [0.3, 0.4) is 0 Å². The second kappa shape index (κ2) is 7.53. The van der Waals surface area contributed by atoms with E-state index in [2.05, 4.69) is 9.71 Å². The summed E-state index contributed by atoms with van der Waals surface area (Å²) in [6, 6.07) is 13.4. The van der Waals surface area contributed by atoms with Crippen LogP contribution < -0.4 is 4.72 Å². The van der Waals surface area contributed by atoms with E-state index in [4.69, 9.17) is 4.74 Å². The summed E-state index contributed by atoms with van der Waals surface area (Å²) in [5.74, 6) is -0.315. The fourth-order valence-electron chi connectivity index (χ4n) is 2.61. The van der Waals surface area contributed by atoms with E-state index in [1.54, 1.807) is 61.8 Å². The molecule has 26 heavy (non-hydrogen) atoms. The van der Waals surface area contributed by atoms with Gasteiger partial charge in [0.2, 0.25) is 0 Å². The maximum Gasteiger partial charge on any atom is 0.310 e. The number of pyridine rings is 1. The molecular weight excluding hydrogens is 352 g/mol. The van der Waals surface area contributed by atoms with Gasteiger partial charge in [0.1, 0.15) is 0 Å². The van der Waals surface area contributed by atoms with Crippen molar-refractivity contribution < 1.29 is 17.9 Å². The lowest BCUT2D eigenvalue weighted by molar-refractivity contribution is -0.142. The van der Waals surface area contributed by atoms with E-state index in [1.165, 1.54) is 0 Å². The van der Waals surface area contributed by atoms with Gasteiger partial charge in [-0.1, -0.05) is 24.3 Å². The molecule has 3 rings (SSSR count). The molecule has 6 nitrogen and oxygen atoms in total. The SMILES string of the molecule is CCOC(=O)Cc1ccc(NS(=O)(=O)c2cccc3cnccc23)cc1. The summed E-state index contributed by atoms with van der Waals surface area (Å²) in [5, 5.41) is 1.36. The third-order valence-corrected chi connectivity index (χ3v) is 5.23. The highest BCUT2D eigenvalue weighted by Crippen LogP contribution is 2.24. The Morgan fingerprint density at radius 1 is 1.12 bits per heavy atom. The topological polar surface area (TPSA) is 85.4 Å². The smallest absolute Gasteiger partial charge is 0.310 e. The Morgan fingerprint density at radius 3 is 2.62 bits per heavy atom. The number of benzene rings is 2. The standard InChI is InChI=1S/C19H18N2O4S/c1-2-25-19(22)12-14-6-8-16(9-7-14)21-26(23,24)18-5-3-4-15-13-20-11-10-17(15)18/h3-11,13,21H,2,12H2,1H3. The molecule has 0 radical (unpaired) electrons. The minimum Gasteiger partial charge on any atom is -0.466 e. The number of carbonyl (C=O) groups excluding carboxylic acids is 1. The first-order valence-corrected chi connectivity index (χ1v) is 9.58. The number of esters is 1. The number of hydrogen-bond acceptors (Lipinski definition) is 5. The molecule has 0 aliphatic heterocycles. The lowest BCUT2D eigenvalue weighted by Crippen LogP contribution is -2.13. The van der Waals surface area contributed by atoms with Crippen molar-refractivity contribution in [3.8, 4) is 0 Å². The van der Waals surface area contributed by atoms with Crippen LogP contribution in [0.25, 0.3) is 10.8 Å². The molecule has 0 saturated heterocycles. The average Bonchev–Trinajstić information content (AvgIpc) is 2.63. The number of nitrogens with zero attached hydrogens (tertiary/aromatic N) is 1. The molecule has 7 heteroatoms. The van der Waals surface area contributed by atoms with Crippen LogP contribution in [0.4, 0.5) is 5.69 Å². The van der Waals surface area contributed by atoms with Crippen LogP contribution in [0.1, 0.15) is 12.5 Å². The Bertz CT molecular complexity index is 1030. The number of hydrogen-bond donors (Lipinski definition) is 1. The van der Waals surface area contributed by atoms with Gasteiger partial charge >= 0.3 is 5.97 Å². The summed E-state index contributed by atoms with van der Waals surface area (Å²) in [6.45, 7) is 2.08. The van der Waals surface area contributed by atoms with Gasteiger partial charge in [0.15, 0.2) is 0 Å². The molecule has 134 valence electrons. The van der Waals surface area contributed by atoms with Gasteiger partial charge in [-0.05, 0) is 36.8 Å². The van der Waals surface area contributed by atoms with Crippen molar-refractivity contribution in [3.63, 3.8) is 0 Å². The summed E-state index contributed by atoms with van der Waals surface area (Å²) in [4.78, 5) is 15.7. The Balaban J connectivity index is 1.82. The number of ether oxygens (including phenoxy) is 1. The van der Waals surface area contributed by atoms with Crippen LogP contribution in [0.2, 0.25) is 0 Å². The number of aromatic nitrogens is 1. The van der Waals surface area contributed by atoms with E-state index in [1.807, 2.05) is 6.07 Å². The lowest BCUT2D eigenvalue weighted by atomic mass is 10.1. The van der Waals surface area contributed by atoms with Gasteiger partial charge in [-0.2, -0.15) is 0 Å². The van der Waals surface area contributed by atoms with E-state index in [9.17, 15) is 13.2 Å². The van der Waals surface area contributed by atoms with Crippen molar-refractivity contribution >= 4 is 32.5 Å². The Morgan fingerprint density at radius 2 is 1.88 bits per heavy atom. The fraction of sp³-hybridized carbons (Fsp3) is 0.158. The van der Waals surface area contributed by atoms with Crippen LogP contribution in [-0.4, -0.2) is 26.0 Å². The average molecular weight is 370 g/mol. The van der Waals surface area contributed by atoms with Gasteiger partial charge in [0.25, 0.3) is 10.0 Å². The van der Waals surface area contributed by atoms with E-state index >= 15 is 0 Å². The number of rotatable bonds is 6. The maximum absolute atomic E-state index is 12.8. The predicted molar refractivity (Wildman–Crippen MR) is 99.3 cm³/mol. The largest absolute Gasteiger partial charge is 0.466 e. The quantitative estimate of drug-likeness (QED) is 0.674. The first kappa shape index (κ1) is 17.9. The van der Waals surface area contributed by atoms with Crippen molar-refractivity contribution in [2.45, 2.75) is 18.2 Å². The second-order valence-corrected chi connectivity index (χ2v) is 7.29. The van der Waals surface area contributed by atoms with Crippen LogP contribution in [0.15, 0.2) is 65.8 Å². The number of sulfonamides is 1. The molecule has 0 atom stereocenters. The first-order valence-electron chi connectivity index (χ1n) is 8.10. The third kappa shape index (κ3) is 4.00. The number of carbonyl (C=O) groups is 1. The molecule has 0 spiro atoms. The van der Waals surface area contributed by atoms with Gasteiger partial charge < -0.3 is 4.74 Å². The maximum atomic E-state index is 12.8. The van der Waals surface area contributed by atoms with Crippen LogP contribution in [0.5, 0.6) is 0 Å². The Kier molecular flexibility index (Phi) is 5.18. The van der Waals surface area contributed by atoms with Crippen LogP contribution >= 0.6 is 0 Å². The summed E-state index contributed by atoms with van der Waals surface area (Å²) in [5.41, 5.74) is 1.17. The first-order chi connectivity index (χ1) is 12.5. The summed E-state index contributed by atoms with van der Waals surface area (Å²) in [7, 11) is -3.75. The van der Waals surface area contributed by atoms with Gasteiger partial charge in [-0.25, -0.2) is 8.42 Å². The molecule has 0 aliphatic rings. The molecule has 0 fully saturated rings. The van der Waals surface area contributed by atoms with E-state index in [0.717, 1.165) is 10.9 Å². The zero-order valence-corrected chi connectivity index (χ0v) is 15.0. The number of anilines is 1. The molecule has 1 N–H and O–H groups in total. The van der Waals surface area contributed by atoms with Gasteiger partial charge in [-0.15, -0.1) is 0 Å². The normalized spacial score (nSPS) is 11.3. The van der Waals surface area contributed by atoms with Crippen molar-refractivity contribution in [2.24, 2.45) is 0 Å². The molecule has 0 amide bonds. The van der Waals surface area contributed by atoms with Crippen molar-refractivity contribution in [1.82, 2.24) is 4.98 Å². The van der Waals surface area contributed by atoms with E-state index < -0.39 is 10.0 Å². The number of fused-ring (bicyclic) bond motifs is 1. The van der Waals surface area contributed by atoms with Crippen LogP contribution in [0, 0.1) is 0 Å². The molecule has 1 aromatic heterocycles. The van der Waals surface area contributed by atoms with E-state index in [0.29, 0.717) is 17.7 Å². The zero-order valence-electron chi connectivity index (χ0n) is 14.2. The number of nitrogens with one attached hydrogen (secondary N) is 1. The summed E-state index contributed by atoms with van der Waals surface area (Å²) >= 11 is 0. The van der Waals surface area contributed by atoms with Gasteiger partial charge in [0, 0.05) is 28.9 Å². The Hall–Kier alpha value is -2.93. The molecule has 1 heterocycles. The van der Waals surface area contributed by atoms with Gasteiger partial charge in [0.05, 0.1) is 17.9 Å². The fourth-order valence-corrected chi connectivity index (χ4v) is 3.90. The highest BCUT2D eigenvalue weighted by atomic mass is 32.2. The van der Waals surface area contributed by atoms with Crippen LogP contribution in [-0.2, 0) is 26.0 Å². The molecule has 0 unspecified atom stereocenters. The molecule has 0 saturated carbocycles. The molecule has 3 aromatic rings. The molecule has 2 aromatic carbocycles. The molecule has 0 bridgehead atoms. The lowest BCUT2D eigenvalue weighted by Gasteiger charge is -2.11. The van der Waals surface area contributed by atoms with Crippen molar-refractivity contribution in [3.05, 3.63) is 66.5 Å². The van der Waals surface area contributed by atoms with Gasteiger partial charge in [-0.3, -0.25) is 14.5 Å². The molecule has 0 aliphatic carbocycles. The highest BCUT2D eigenvalue weighted by molar-refractivity contribution is 7.93. The monoisotopic (exact) mass is 370 g/mol. The summed E-state index contributed by atoms with van der Waals surface area (Å²) < 4.78 is 33.0. The third-order valence-electron chi connectivity index (χ3n) is 3.79. The Labute approximate surface area is 151 Å². The minimum absolute atomic E-state index is 0.150. The van der Waals surface area contributed by atoms with E-state index in [-0.39, 0.29) is 17.3 Å². The summed E-state index contributed by atoms with van der Waals surface area (Å²) in [6.07, 6.45) is 3.33. The zero-order chi connectivity index (χ0) is 18.6. The van der Waals surface area contributed by atoms with Crippen molar-refractivity contribution in [2.75, 3.05) is 11.3 Å². The predicted octanol–water partition coefficient (Wildman–Crippen LogP) is 3.14. The minimum atomic E-state index is -3.75. The highest BCUT2D eigenvalue weighted by Gasteiger charge is 2.17. The molecular formula is C19H18N2O4S. The van der Waals surface area contributed by atoms with Crippen molar-refractivity contribution in [1.29, 1.82) is 0 Å².